The second kappa shape index (κ2) is 5.95. The van der Waals surface area contributed by atoms with Crippen LogP contribution in [0, 0.1) is 6.92 Å². The lowest BCUT2D eigenvalue weighted by Gasteiger charge is -2.01. The van der Waals surface area contributed by atoms with Gasteiger partial charge in [-0.05, 0) is 25.5 Å². The van der Waals surface area contributed by atoms with E-state index in [9.17, 15) is 5.11 Å². The number of hydrogen-bond acceptors (Lipinski definition) is 6. The normalized spacial score (nSPS) is 22.3. The monoisotopic (exact) mass is 291 g/mol. The average Bonchev–Trinajstić information content (AvgIpc) is 3.05. The van der Waals surface area contributed by atoms with Crippen molar-refractivity contribution in [2.45, 2.75) is 36.1 Å². The van der Waals surface area contributed by atoms with Crippen LogP contribution in [0.25, 0.3) is 0 Å². The molecule has 1 aromatic heterocycles. The molecule has 0 spiro atoms. The highest BCUT2D eigenvalue weighted by Gasteiger charge is 2.27. The van der Waals surface area contributed by atoms with Gasteiger partial charge in [0.2, 0.25) is 5.89 Å². The van der Waals surface area contributed by atoms with E-state index in [0.717, 1.165) is 0 Å². The summed E-state index contributed by atoms with van der Waals surface area (Å²) in [4.78, 5) is 5.59. The van der Waals surface area contributed by atoms with Crippen molar-refractivity contribution >= 4 is 11.8 Å². The number of β-amino-alcohol motifs (C(OH)–C–C–N with tert-alkyl or cyclic N) is 1. The topological polar surface area (TPSA) is 71.2 Å². The number of aliphatic hydroxyl groups is 1. The SMILES string of the molecule is Cc1cccc(SCc2noc(C3CC(O)CN3)n2)c1. The molecule has 0 saturated carbocycles. The number of aromatic nitrogens is 2. The van der Waals surface area contributed by atoms with Gasteiger partial charge < -0.3 is 14.9 Å². The van der Waals surface area contributed by atoms with Crippen molar-refractivity contribution in [1.82, 2.24) is 15.5 Å². The molecule has 20 heavy (non-hydrogen) atoms. The summed E-state index contributed by atoms with van der Waals surface area (Å²) < 4.78 is 5.26. The van der Waals surface area contributed by atoms with E-state index in [-0.39, 0.29) is 12.1 Å². The summed E-state index contributed by atoms with van der Waals surface area (Å²) >= 11 is 1.69. The largest absolute Gasteiger partial charge is 0.392 e. The Morgan fingerprint density at radius 3 is 3.15 bits per heavy atom. The van der Waals surface area contributed by atoms with Crippen molar-refractivity contribution in [3.05, 3.63) is 41.5 Å². The molecule has 2 atom stereocenters. The van der Waals surface area contributed by atoms with Crippen molar-refractivity contribution in [1.29, 1.82) is 0 Å². The highest BCUT2D eigenvalue weighted by Crippen LogP contribution is 2.25. The number of thioether (sulfide) groups is 1. The lowest BCUT2D eigenvalue weighted by atomic mass is 10.2. The molecular formula is C14H17N3O2S. The minimum absolute atomic E-state index is 0.0183. The van der Waals surface area contributed by atoms with Crippen LogP contribution < -0.4 is 5.32 Å². The Morgan fingerprint density at radius 2 is 2.40 bits per heavy atom. The molecule has 1 fully saturated rings. The van der Waals surface area contributed by atoms with E-state index in [1.165, 1.54) is 10.5 Å². The molecule has 0 aliphatic carbocycles. The molecule has 0 amide bonds. The van der Waals surface area contributed by atoms with Gasteiger partial charge in [-0.3, -0.25) is 0 Å². The van der Waals surface area contributed by atoms with Crippen molar-refractivity contribution in [2.75, 3.05) is 6.54 Å². The summed E-state index contributed by atoms with van der Waals surface area (Å²) in [5, 5.41) is 16.6. The van der Waals surface area contributed by atoms with Crippen LogP contribution in [0.3, 0.4) is 0 Å². The van der Waals surface area contributed by atoms with Crippen molar-refractivity contribution in [3.63, 3.8) is 0 Å². The predicted octanol–water partition coefficient (Wildman–Crippen LogP) is 2.07. The van der Waals surface area contributed by atoms with Gasteiger partial charge in [0.15, 0.2) is 5.82 Å². The number of hydrogen-bond donors (Lipinski definition) is 2. The lowest BCUT2D eigenvalue weighted by Crippen LogP contribution is -2.15. The molecule has 0 bridgehead atoms. The van der Waals surface area contributed by atoms with E-state index in [1.54, 1.807) is 11.8 Å². The highest BCUT2D eigenvalue weighted by atomic mass is 32.2. The van der Waals surface area contributed by atoms with Gasteiger partial charge in [-0.1, -0.05) is 22.9 Å². The van der Waals surface area contributed by atoms with E-state index in [0.29, 0.717) is 30.4 Å². The van der Waals surface area contributed by atoms with Gasteiger partial charge in [0.1, 0.15) is 0 Å². The second-order valence-corrected chi connectivity index (χ2v) is 6.05. The van der Waals surface area contributed by atoms with Gasteiger partial charge in [0, 0.05) is 11.4 Å². The number of benzene rings is 1. The zero-order chi connectivity index (χ0) is 13.9. The van der Waals surface area contributed by atoms with Crippen LogP contribution in [0.4, 0.5) is 0 Å². The van der Waals surface area contributed by atoms with E-state index in [4.69, 9.17) is 4.52 Å². The molecule has 106 valence electrons. The maximum Gasteiger partial charge on any atom is 0.243 e. The molecule has 1 aliphatic rings. The molecule has 3 rings (SSSR count). The van der Waals surface area contributed by atoms with Gasteiger partial charge in [0.05, 0.1) is 17.9 Å². The van der Waals surface area contributed by atoms with Crippen LogP contribution in [-0.2, 0) is 5.75 Å². The molecular weight excluding hydrogens is 274 g/mol. The van der Waals surface area contributed by atoms with Crippen LogP contribution >= 0.6 is 11.8 Å². The molecule has 6 heteroatoms. The smallest absolute Gasteiger partial charge is 0.243 e. The minimum atomic E-state index is -0.322. The summed E-state index contributed by atoms with van der Waals surface area (Å²) in [6.45, 7) is 2.66. The molecule has 1 saturated heterocycles. The van der Waals surface area contributed by atoms with Gasteiger partial charge in [-0.25, -0.2) is 0 Å². The number of nitrogens with one attached hydrogen (secondary N) is 1. The molecule has 1 aromatic carbocycles. The van der Waals surface area contributed by atoms with Crippen LogP contribution in [-0.4, -0.2) is 27.9 Å². The Kier molecular flexibility index (Phi) is 4.05. The predicted molar refractivity (Wildman–Crippen MR) is 76.4 cm³/mol. The van der Waals surface area contributed by atoms with E-state index in [1.807, 2.05) is 6.07 Å². The molecule has 2 heterocycles. The summed E-state index contributed by atoms with van der Waals surface area (Å²) in [5.74, 6) is 1.94. The first-order chi connectivity index (χ1) is 9.70. The Hall–Kier alpha value is -1.37. The average molecular weight is 291 g/mol. The van der Waals surface area contributed by atoms with Gasteiger partial charge in [-0.15, -0.1) is 11.8 Å². The van der Waals surface area contributed by atoms with Crippen molar-refractivity contribution in [3.8, 4) is 0 Å². The number of aliphatic hydroxyl groups excluding tert-OH is 1. The van der Waals surface area contributed by atoms with Crippen molar-refractivity contribution < 1.29 is 9.63 Å². The number of rotatable bonds is 4. The first-order valence-electron chi connectivity index (χ1n) is 6.64. The standard InChI is InChI=1S/C14H17N3O2S/c1-9-3-2-4-11(5-9)20-8-13-16-14(19-17-13)12-6-10(18)7-15-12/h2-5,10,12,15,18H,6-8H2,1H3. The molecule has 5 nitrogen and oxygen atoms in total. The fourth-order valence-electron chi connectivity index (χ4n) is 2.23. The Balaban J connectivity index is 1.60. The van der Waals surface area contributed by atoms with Crippen LogP contribution in [0.15, 0.2) is 33.7 Å². The molecule has 0 radical (unpaired) electrons. The van der Waals surface area contributed by atoms with E-state index >= 15 is 0 Å². The molecule has 2 N–H and O–H groups in total. The maximum absolute atomic E-state index is 9.49. The lowest BCUT2D eigenvalue weighted by molar-refractivity contribution is 0.191. The molecule has 2 unspecified atom stereocenters. The summed E-state index contributed by atoms with van der Waals surface area (Å²) in [5.41, 5.74) is 1.24. The molecule has 1 aliphatic heterocycles. The van der Waals surface area contributed by atoms with Gasteiger partial charge in [-0.2, -0.15) is 4.98 Å². The summed E-state index contributed by atoms with van der Waals surface area (Å²) in [6, 6.07) is 8.32. The van der Waals surface area contributed by atoms with Gasteiger partial charge >= 0.3 is 0 Å². The van der Waals surface area contributed by atoms with Gasteiger partial charge in [0.25, 0.3) is 0 Å². The summed E-state index contributed by atoms with van der Waals surface area (Å²) in [7, 11) is 0. The summed E-state index contributed by atoms with van der Waals surface area (Å²) in [6.07, 6.45) is 0.309. The Morgan fingerprint density at radius 1 is 1.50 bits per heavy atom. The molecule has 2 aromatic rings. The second-order valence-electron chi connectivity index (χ2n) is 5.00. The maximum atomic E-state index is 9.49. The third-order valence-corrected chi connectivity index (χ3v) is 4.24. The Bertz CT molecular complexity index is 587. The first kappa shape index (κ1) is 13.6. The minimum Gasteiger partial charge on any atom is -0.392 e. The van der Waals surface area contributed by atoms with E-state index < -0.39 is 0 Å². The number of nitrogens with zero attached hydrogens (tertiary/aromatic N) is 2. The zero-order valence-corrected chi connectivity index (χ0v) is 12.1. The first-order valence-corrected chi connectivity index (χ1v) is 7.62. The third kappa shape index (κ3) is 3.20. The van der Waals surface area contributed by atoms with Crippen LogP contribution in [0.2, 0.25) is 0 Å². The fraction of sp³-hybridized carbons (Fsp3) is 0.429. The Labute approximate surface area is 121 Å². The zero-order valence-electron chi connectivity index (χ0n) is 11.2. The third-order valence-electron chi connectivity index (χ3n) is 3.25. The fourth-order valence-corrected chi connectivity index (χ4v) is 3.08. The quantitative estimate of drug-likeness (QED) is 0.840. The van der Waals surface area contributed by atoms with Crippen LogP contribution in [0.5, 0.6) is 0 Å². The van der Waals surface area contributed by atoms with E-state index in [2.05, 4.69) is 40.6 Å². The van der Waals surface area contributed by atoms with Crippen molar-refractivity contribution in [2.24, 2.45) is 0 Å². The number of aryl methyl sites for hydroxylation is 1. The highest BCUT2D eigenvalue weighted by molar-refractivity contribution is 7.98. The van der Waals surface area contributed by atoms with Crippen LogP contribution in [0.1, 0.15) is 29.7 Å².